The third kappa shape index (κ3) is 4.06. The number of hydrogen-bond donors (Lipinski definition) is 2. The van der Waals surface area contributed by atoms with Crippen LogP contribution in [0.2, 0.25) is 0 Å². The van der Waals surface area contributed by atoms with Crippen LogP contribution in [0.15, 0.2) is 5.38 Å². The number of amides is 3. The van der Waals surface area contributed by atoms with Crippen molar-refractivity contribution in [3.05, 3.63) is 11.1 Å². The number of likely N-dealkylation sites (N-methyl/N-ethyl adjacent to an activating group) is 1. The molecule has 0 aromatic carbocycles. The molecule has 0 atom stereocenters. The Balaban J connectivity index is 1.64. The molecule has 2 fully saturated rings. The maximum atomic E-state index is 12.6. The smallest absolute Gasteiger partial charge is 0.245 e. The minimum Gasteiger partial charge on any atom is -0.354 e. The van der Waals surface area contributed by atoms with Gasteiger partial charge in [-0.05, 0) is 26.2 Å². The third-order valence-electron chi connectivity index (χ3n) is 5.04. The highest BCUT2D eigenvalue weighted by Gasteiger charge is 2.40. The van der Waals surface area contributed by atoms with Crippen molar-refractivity contribution in [1.29, 1.82) is 0 Å². The molecule has 0 spiro atoms. The van der Waals surface area contributed by atoms with Crippen molar-refractivity contribution in [2.75, 3.05) is 18.0 Å². The molecule has 1 saturated heterocycles. The Hall–Kier alpha value is -1.96. The topological polar surface area (TPSA) is 91.4 Å². The molecule has 3 amide bonds. The molecule has 1 aromatic heterocycles. The van der Waals surface area contributed by atoms with Crippen LogP contribution >= 0.6 is 11.3 Å². The summed E-state index contributed by atoms with van der Waals surface area (Å²) in [6.45, 7) is 3.13. The number of rotatable bonds is 6. The highest BCUT2D eigenvalue weighted by Crippen LogP contribution is 2.29. The first kappa shape index (κ1) is 18.8. The molecular weight excluding hydrogens is 352 g/mol. The van der Waals surface area contributed by atoms with E-state index >= 15 is 0 Å². The van der Waals surface area contributed by atoms with E-state index in [-0.39, 0.29) is 24.1 Å². The lowest BCUT2D eigenvalue weighted by molar-refractivity contribution is -0.134. The fourth-order valence-corrected chi connectivity index (χ4v) is 4.59. The molecule has 0 bridgehead atoms. The summed E-state index contributed by atoms with van der Waals surface area (Å²) in [6.07, 6.45) is 5.86. The lowest BCUT2D eigenvalue weighted by atomic mass is 9.80. The normalized spacial score (nSPS) is 19.4. The van der Waals surface area contributed by atoms with Gasteiger partial charge in [0.05, 0.1) is 12.1 Å². The van der Waals surface area contributed by atoms with Gasteiger partial charge in [0.1, 0.15) is 5.54 Å². The molecule has 2 heterocycles. The van der Waals surface area contributed by atoms with Crippen molar-refractivity contribution in [2.24, 2.45) is 0 Å². The van der Waals surface area contributed by atoms with Crippen LogP contribution in [0.3, 0.4) is 0 Å². The Morgan fingerprint density at radius 3 is 2.69 bits per heavy atom. The van der Waals surface area contributed by atoms with Crippen LogP contribution in [0.1, 0.15) is 57.6 Å². The zero-order chi connectivity index (χ0) is 18.6. The van der Waals surface area contributed by atoms with Gasteiger partial charge < -0.3 is 10.6 Å². The van der Waals surface area contributed by atoms with Gasteiger partial charge in [-0.3, -0.25) is 19.3 Å². The first-order valence-electron chi connectivity index (χ1n) is 9.38. The number of carbonyl (C=O) groups is 3. The summed E-state index contributed by atoms with van der Waals surface area (Å²) in [4.78, 5) is 43.1. The fraction of sp³-hybridized carbons (Fsp3) is 0.667. The van der Waals surface area contributed by atoms with Crippen molar-refractivity contribution in [1.82, 2.24) is 15.6 Å². The molecule has 2 aliphatic rings. The molecule has 1 aliphatic carbocycles. The minimum absolute atomic E-state index is 0.0883. The van der Waals surface area contributed by atoms with E-state index in [0.29, 0.717) is 43.2 Å². The largest absolute Gasteiger partial charge is 0.354 e. The molecule has 1 saturated carbocycles. The second-order valence-corrected chi connectivity index (χ2v) is 7.83. The zero-order valence-corrected chi connectivity index (χ0v) is 16.0. The van der Waals surface area contributed by atoms with Crippen molar-refractivity contribution in [2.45, 2.75) is 63.8 Å². The summed E-state index contributed by atoms with van der Waals surface area (Å²) in [5.41, 5.74) is -0.154. The van der Waals surface area contributed by atoms with E-state index in [1.165, 1.54) is 11.3 Å². The average Bonchev–Trinajstić information content (AvgIpc) is 3.24. The van der Waals surface area contributed by atoms with Crippen LogP contribution in [0.5, 0.6) is 0 Å². The van der Waals surface area contributed by atoms with Crippen molar-refractivity contribution in [3.8, 4) is 0 Å². The molecule has 1 aromatic rings. The lowest BCUT2D eigenvalue weighted by Crippen LogP contribution is -2.60. The number of nitrogens with one attached hydrogen (secondary N) is 2. The monoisotopic (exact) mass is 378 g/mol. The second kappa shape index (κ2) is 8.16. The second-order valence-electron chi connectivity index (χ2n) is 7.00. The molecule has 1 aliphatic heterocycles. The molecule has 0 radical (unpaired) electrons. The minimum atomic E-state index is -0.797. The van der Waals surface area contributed by atoms with E-state index < -0.39 is 5.54 Å². The molecule has 7 nitrogen and oxygen atoms in total. The van der Waals surface area contributed by atoms with Gasteiger partial charge in [-0.15, -0.1) is 11.3 Å². The molecule has 3 rings (SSSR count). The van der Waals surface area contributed by atoms with Gasteiger partial charge in [0.15, 0.2) is 5.13 Å². The summed E-state index contributed by atoms with van der Waals surface area (Å²) in [5, 5.41) is 8.32. The van der Waals surface area contributed by atoms with E-state index in [1.54, 1.807) is 4.90 Å². The summed E-state index contributed by atoms with van der Waals surface area (Å²) in [7, 11) is 0. The van der Waals surface area contributed by atoms with Gasteiger partial charge >= 0.3 is 0 Å². The van der Waals surface area contributed by atoms with E-state index in [1.807, 2.05) is 12.3 Å². The summed E-state index contributed by atoms with van der Waals surface area (Å²) in [5.74, 6) is -0.190. The fourth-order valence-electron chi connectivity index (χ4n) is 3.72. The van der Waals surface area contributed by atoms with Crippen molar-refractivity contribution >= 4 is 34.2 Å². The van der Waals surface area contributed by atoms with Gasteiger partial charge in [-0.25, -0.2) is 4.98 Å². The maximum absolute atomic E-state index is 12.6. The van der Waals surface area contributed by atoms with Crippen LogP contribution in [-0.4, -0.2) is 41.3 Å². The molecule has 2 N–H and O–H groups in total. The van der Waals surface area contributed by atoms with Crippen LogP contribution in [-0.2, 0) is 20.8 Å². The van der Waals surface area contributed by atoms with Gasteiger partial charge in [-0.2, -0.15) is 0 Å². The summed E-state index contributed by atoms with van der Waals surface area (Å²) < 4.78 is 0. The van der Waals surface area contributed by atoms with Crippen molar-refractivity contribution < 1.29 is 14.4 Å². The van der Waals surface area contributed by atoms with E-state index in [2.05, 4.69) is 15.6 Å². The highest BCUT2D eigenvalue weighted by atomic mass is 32.1. The Morgan fingerprint density at radius 1 is 1.27 bits per heavy atom. The van der Waals surface area contributed by atoms with E-state index in [0.717, 1.165) is 25.7 Å². The first-order chi connectivity index (χ1) is 12.5. The molecule has 0 unspecified atom stereocenters. The SMILES string of the molecule is CCNC(=O)C1(NC(=O)Cc2csc(N3CCCC3=O)n2)CCCCC1. The predicted octanol–water partition coefficient (Wildman–Crippen LogP) is 1.77. The molecule has 26 heavy (non-hydrogen) atoms. The van der Waals surface area contributed by atoms with E-state index in [9.17, 15) is 14.4 Å². The maximum Gasteiger partial charge on any atom is 0.245 e. The number of thiazole rings is 1. The number of nitrogens with zero attached hydrogens (tertiary/aromatic N) is 2. The zero-order valence-electron chi connectivity index (χ0n) is 15.2. The summed E-state index contributed by atoms with van der Waals surface area (Å²) in [6, 6.07) is 0. The quantitative estimate of drug-likeness (QED) is 0.789. The number of carbonyl (C=O) groups excluding carboxylic acids is 3. The molecule has 142 valence electrons. The van der Waals surface area contributed by atoms with Crippen LogP contribution < -0.4 is 15.5 Å². The first-order valence-corrected chi connectivity index (χ1v) is 10.3. The van der Waals surface area contributed by atoms with Gasteiger partial charge in [0, 0.05) is 24.9 Å². The van der Waals surface area contributed by atoms with Crippen LogP contribution in [0.4, 0.5) is 5.13 Å². The molecular formula is C18H26N4O3S. The van der Waals surface area contributed by atoms with Gasteiger partial charge in [-0.1, -0.05) is 19.3 Å². The predicted molar refractivity (Wildman–Crippen MR) is 100 cm³/mol. The lowest BCUT2D eigenvalue weighted by Gasteiger charge is -2.36. The van der Waals surface area contributed by atoms with Crippen molar-refractivity contribution in [3.63, 3.8) is 0 Å². The van der Waals surface area contributed by atoms with Gasteiger partial charge in [0.2, 0.25) is 17.7 Å². The Kier molecular flexibility index (Phi) is 5.90. The van der Waals surface area contributed by atoms with Gasteiger partial charge in [0.25, 0.3) is 0 Å². The number of aromatic nitrogens is 1. The van der Waals surface area contributed by atoms with E-state index in [4.69, 9.17) is 0 Å². The van der Waals surface area contributed by atoms with Crippen LogP contribution in [0.25, 0.3) is 0 Å². The highest BCUT2D eigenvalue weighted by molar-refractivity contribution is 7.14. The number of hydrogen-bond acceptors (Lipinski definition) is 5. The number of anilines is 1. The standard InChI is InChI=1S/C18H26N4O3S/c1-2-19-16(25)18(8-4-3-5-9-18)21-14(23)11-13-12-26-17(20-13)22-10-6-7-15(22)24/h12H,2-11H2,1H3,(H,19,25)(H,21,23). The van der Waals surface area contributed by atoms with Crippen LogP contribution in [0, 0.1) is 0 Å². The molecule has 8 heteroatoms. The summed E-state index contributed by atoms with van der Waals surface area (Å²) >= 11 is 1.39. The average molecular weight is 378 g/mol. The third-order valence-corrected chi connectivity index (χ3v) is 5.96. The Morgan fingerprint density at radius 2 is 2.04 bits per heavy atom. The Bertz CT molecular complexity index is 682. The Labute approximate surface area is 157 Å².